The summed E-state index contributed by atoms with van der Waals surface area (Å²) in [6.07, 6.45) is 3.45. The SMILES string of the molecule is N#Cc1cc2oc(C=Cc3ccccc3O)nc2c2ccccc12. The van der Waals surface area contributed by atoms with Crippen molar-refractivity contribution in [3.8, 4) is 11.8 Å². The van der Waals surface area contributed by atoms with Crippen LogP contribution in [0.4, 0.5) is 0 Å². The minimum absolute atomic E-state index is 0.196. The molecule has 114 valence electrons. The molecule has 24 heavy (non-hydrogen) atoms. The molecule has 0 aliphatic heterocycles. The van der Waals surface area contributed by atoms with E-state index in [1.807, 2.05) is 30.3 Å². The van der Waals surface area contributed by atoms with Gasteiger partial charge in [-0.25, -0.2) is 4.98 Å². The summed E-state index contributed by atoms with van der Waals surface area (Å²) in [5.74, 6) is 0.621. The van der Waals surface area contributed by atoms with E-state index in [4.69, 9.17) is 4.42 Å². The average Bonchev–Trinajstić information content (AvgIpc) is 3.03. The number of nitrogens with zero attached hydrogens (tertiary/aromatic N) is 2. The number of phenols is 1. The number of para-hydroxylation sites is 1. The number of fused-ring (bicyclic) bond motifs is 3. The van der Waals surface area contributed by atoms with Gasteiger partial charge in [0.1, 0.15) is 11.3 Å². The lowest BCUT2D eigenvalue weighted by Crippen LogP contribution is -1.81. The number of nitriles is 1. The second-order valence-electron chi connectivity index (χ2n) is 5.37. The van der Waals surface area contributed by atoms with E-state index in [2.05, 4.69) is 11.1 Å². The van der Waals surface area contributed by atoms with Crippen molar-refractivity contribution < 1.29 is 9.52 Å². The molecule has 4 heteroatoms. The third-order valence-corrected chi connectivity index (χ3v) is 3.88. The van der Waals surface area contributed by atoms with E-state index < -0.39 is 0 Å². The summed E-state index contributed by atoms with van der Waals surface area (Å²) < 4.78 is 5.75. The number of hydrogen-bond acceptors (Lipinski definition) is 4. The molecule has 1 aromatic heterocycles. The molecule has 0 aliphatic carbocycles. The first kappa shape index (κ1) is 14.0. The van der Waals surface area contributed by atoms with Gasteiger partial charge in [0.25, 0.3) is 0 Å². The molecule has 0 saturated heterocycles. The fourth-order valence-electron chi connectivity index (χ4n) is 2.73. The van der Waals surface area contributed by atoms with E-state index in [0.29, 0.717) is 22.6 Å². The quantitative estimate of drug-likeness (QED) is 0.581. The molecular weight excluding hydrogens is 300 g/mol. The molecule has 0 saturated carbocycles. The van der Waals surface area contributed by atoms with Crippen LogP contribution < -0.4 is 0 Å². The highest BCUT2D eigenvalue weighted by molar-refractivity contribution is 6.06. The van der Waals surface area contributed by atoms with Crippen molar-refractivity contribution in [2.24, 2.45) is 0 Å². The maximum absolute atomic E-state index is 9.80. The Bertz CT molecular complexity index is 1130. The average molecular weight is 312 g/mol. The minimum atomic E-state index is 0.196. The lowest BCUT2D eigenvalue weighted by Gasteiger charge is -1.99. The molecule has 4 nitrogen and oxygen atoms in total. The molecule has 4 aromatic rings. The molecule has 0 bridgehead atoms. The van der Waals surface area contributed by atoms with Gasteiger partial charge in [0.2, 0.25) is 5.89 Å². The smallest absolute Gasteiger partial charge is 0.220 e. The Kier molecular flexibility index (Phi) is 3.25. The second-order valence-corrected chi connectivity index (χ2v) is 5.37. The first-order chi connectivity index (χ1) is 11.8. The highest BCUT2D eigenvalue weighted by Crippen LogP contribution is 2.29. The summed E-state index contributed by atoms with van der Waals surface area (Å²) in [6, 6.07) is 18.6. The van der Waals surface area contributed by atoms with Crippen LogP contribution in [0.25, 0.3) is 34.0 Å². The van der Waals surface area contributed by atoms with Gasteiger partial charge in [-0.3, -0.25) is 0 Å². The van der Waals surface area contributed by atoms with Gasteiger partial charge in [0.05, 0.1) is 11.6 Å². The van der Waals surface area contributed by atoms with Gasteiger partial charge in [-0.15, -0.1) is 0 Å². The molecule has 0 atom stereocenters. The monoisotopic (exact) mass is 312 g/mol. The predicted octanol–water partition coefficient (Wildman–Crippen LogP) is 4.73. The largest absolute Gasteiger partial charge is 0.507 e. The van der Waals surface area contributed by atoms with Gasteiger partial charge in [0, 0.05) is 28.5 Å². The van der Waals surface area contributed by atoms with Crippen LogP contribution in [-0.4, -0.2) is 10.1 Å². The van der Waals surface area contributed by atoms with E-state index in [0.717, 1.165) is 16.3 Å². The molecule has 4 rings (SSSR count). The molecule has 0 spiro atoms. The molecule has 0 fully saturated rings. The Morgan fingerprint density at radius 3 is 2.54 bits per heavy atom. The van der Waals surface area contributed by atoms with Crippen molar-refractivity contribution >= 4 is 34.0 Å². The van der Waals surface area contributed by atoms with Gasteiger partial charge < -0.3 is 9.52 Å². The summed E-state index contributed by atoms with van der Waals surface area (Å²) in [5, 5.41) is 20.9. The van der Waals surface area contributed by atoms with Crippen molar-refractivity contribution in [1.82, 2.24) is 4.98 Å². The molecule has 0 unspecified atom stereocenters. The highest BCUT2D eigenvalue weighted by Gasteiger charge is 2.11. The Hall–Kier alpha value is -3.58. The van der Waals surface area contributed by atoms with Crippen molar-refractivity contribution in [1.29, 1.82) is 5.26 Å². The van der Waals surface area contributed by atoms with Crippen molar-refractivity contribution in [3.63, 3.8) is 0 Å². The van der Waals surface area contributed by atoms with Crippen LogP contribution in [0.1, 0.15) is 17.0 Å². The summed E-state index contributed by atoms with van der Waals surface area (Å²) in [4.78, 5) is 4.52. The van der Waals surface area contributed by atoms with Gasteiger partial charge in [-0.05, 0) is 12.1 Å². The number of oxazole rings is 1. The van der Waals surface area contributed by atoms with Crippen molar-refractivity contribution in [2.75, 3.05) is 0 Å². The topological polar surface area (TPSA) is 70.0 Å². The fraction of sp³-hybridized carbons (Fsp3) is 0. The molecule has 0 aliphatic rings. The van der Waals surface area contributed by atoms with Crippen LogP contribution in [0.3, 0.4) is 0 Å². The second kappa shape index (κ2) is 5.56. The van der Waals surface area contributed by atoms with Crippen LogP contribution in [0.15, 0.2) is 59.0 Å². The van der Waals surface area contributed by atoms with E-state index in [1.165, 1.54) is 0 Å². The molecular formula is C20H12N2O2. The van der Waals surface area contributed by atoms with E-state index >= 15 is 0 Å². The number of aromatic hydroxyl groups is 1. The third kappa shape index (κ3) is 2.29. The number of hydrogen-bond donors (Lipinski definition) is 1. The van der Waals surface area contributed by atoms with E-state index in [-0.39, 0.29) is 5.75 Å². The summed E-state index contributed by atoms with van der Waals surface area (Å²) in [7, 11) is 0. The molecule has 1 N–H and O–H groups in total. The number of aromatic nitrogens is 1. The minimum Gasteiger partial charge on any atom is -0.507 e. The Morgan fingerprint density at radius 1 is 1.00 bits per heavy atom. The zero-order chi connectivity index (χ0) is 16.5. The van der Waals surface area contributed by atoms with Crippen LogP contribution in [-0.2, 0) is 0 Å². The Morgan fingerprint density at radius 2 is 1.75 bits per heavy atom. The van der Waals surface area contributed by atoms with Crippen LogP contribution >= 0.6 is 0 Å². The van der Waals surface area contributed by atoms with Crippen molar-refractivity contribution in [2.45, 2.75) is 0 Å². The molecule has 0 radical (unpaired) electrons. The number of phenolic OH excluding ortho intramolecular Hbond substituents is 1. The summed E-state index contributed by atoms with van der Waals surface area (Å²) >= 11 is 0. The highest BCUT2D eigenvalue weighted by atomic mass is 16.3. The first-order valence-corrected chi connectivity index (χ1v) is 7.45. The van der Waals surface area contributed by atoms with Crippen LogP contribution in [0.5, 0.6) is 5.75 Å². The normalized spacial score (nSPS) is 11.3. The molecule has 3 aromatic carbocycles. The summed E-state index contributed by atoms with van der Waals surface area (Å²) in [5.41, 5.74) is 2.54. The third-order valence-electron chi connectivity index (χ3n) is 3.88. The van der Waals surface area contributed by atoms with Crippen molar-refractivity contribution in [3.05, 3.63) is 71.6 Å². The van der Waals surface area contributed by atoms with Crippen LogP contribution in [0, 0.1) is 11.3 Å². The first-order valence-electron chi connectivity index (χ1n) is 7.45. The zero-order valence-electron chi connectivity index (χ0n) is 12.6. The van der Waals surface area contributed by atoms with E-state index in [1.54, 1.807) is 36.4 Å². The van der Waals surface area contributed by atoms with Crippen LogP contribution in [0.2, 0.25) is 0 Å². The maximum Gasteiger partial charge on any atom is 0.220 e. The van der Waals surface area contributed by atoms with Gasteiger partial charge in [-0.2, -0.15) is 5.26 Å². The number of rotatable bonds is 2. The molecule has 1 heterocycles. The Labute approximate surface area is 137 Å². The lowest BCUT2D eigenvalue weighted by molar-refractivity contribution is 0.474. The zero-order valence-corrected chi connectivity index (χ0v) is 12.6. The van der Waals surface area contributed by atoms with Gasteiger partial charge in [-0.1, -0.05) is 42.5 Å². The lowest BCUT2D eigenvalue weighted by atomic mass is 10.0. The predicted molar refractivity (Wildman–Crippen MR) is 93.3 cm³/mol. The van der Waals surface area contributed by atoms with Gasteiger partial charge in [0.15, 0.2) is 5.58 Å². The fourth-order valence-corrected chi connectivity index (χ4v) is 2.73. The maximum atomic E-state index is 9.80. The van der Waals surface area contributed by atoms with Gasteiger partial charge >= 0.3 is 0 Å². The summed E-state index contributed by atoms with van der Waals surface area (Å²) in [6.45, 7) is 0. The van der Waals surface area contributed by atoms with E-state index in [9.17, 15) is 10.4 Å². The standard InChI is InChI=1S/C20H12N2O2/c21-12-14-11-18-20(16-7-3-2-6-15(14)16)22-19(24-18)10-9-13-5-1-4-8-17(13)23/h1-11,23H. The number of benzene rings is 3. The molecule has 0 amide bonds. The Balaban J connectivity index is 1.86.